The minimum absolute atomic E-state index is 0.0392. The lowest BCUT2D eigenvalue weighted by molar-refractivity contribution is 0.414. The fourth-order valence-corrected chi connectivity index (χ4v) is 4.13. The number of ether oxygens (including phenoxy) is 1. The number of hydrogen-bond acceptors (Lipinski definition) is 5. The fraction of sp³-hybridized carbons (Fsp3) is 0.217. The molecule has 0 spiro atoms. The van der Waals surface area contributed by atoms with Gasteiger partial charge in [0, 0.05) is 29.4 Å². The van der Waals surface area contributed by atoms with Crippen molar-refractivity contribution in [3.63, 3.8) is 0 Å². The number of aryl methyl sites for hydroxylation is 2. The second kappa shape index (κ2) is 8.09. The molecule has 0 aliphatic heterocycles. The second-order valence-electron chi connectivity index (χ2n) is 7.12. The van der Waals surface area contributed by atoms with Gasteiger partial charge in [-0.25, -0.2) is 4.98 Å². The van der Waals surface area contributed by atoms with E-state index in [0.29, 0.717) is 13.1 Å². The number of anilines is 1. The van der Waals surface area contributed by atoms with E-state index < -0.39 is 0 Å². The standard InChI is InChI=1S/C23H23N3O2S/c1-16-4-8-20(9-5-16)25(14-18-6-10-21(28-3)11-7-18)15-19-12-22(27)26-13-17(2)29-23(26)24-19/h4-13H,14-15H2,1-3H3. The highest BCUT2D eigenvalue weighted by atomic mass is 32.1. The predicted octanol–water partition coefficient (Wildman–Crippen LogP) is 4.59. The molecule has 0 N–H and O–H groups in total. The van der Waals surface area contributed by atoms with Gasteiger partial charge in [-0.3, -0.25) is 9.20 Å². The van der Waals surface area contributed by atoms with Crippen LogP contribution in [-0.2, 0) is 13.1 Å². The van der Waals surface area contributed by atoms with E-state index in [-0.39, 0.29) is 5.56 Å². The zero-order chi connectivity index (χ0) is 20.4. The molecule has 0 aliphatic rings. The van der Waals surface area contributed by atoms with Crippen molar-refractivity contribution >= 4 is 22.0 Å². The summed E-state index contributed by atoms with van der Waals surface area (Å²) in [4.78, 5) is 21.3. The number of thiazole rings is 1. The zero-order valence-electron chi connectivity index (χ0n) is 16.8. The average molecular weight is 406 g/mol. The van der Waals surface area contributed by atoms with Gasteiger partial charge in [-0.2, -0.15) is 0 Å². The van der Waals surface area contributed by atoms with E-state index in [1.54, 1.807) is 17.6 Å². The molecule has 0 saturated heterocycles. The minimum atomic E-state index is -0.0392. The van der Waals surface area contributed by atoms with Crippen LogP contribution in [0.2, 0.25) is 0 Å². The molecule has 0 radical (unpaired) electrons. The predicted molar refractivity (Wildman–Crippen MR) is 118 cm³/mol. The molecule has 2 aromatic carbocycles. The van der Waals surface area contributed by atoms with Gasteiger partial charge in [-0.1, -0.05) is 29.8 Å². The van der Waals surface area contributed by atoms with Crippen LogP contribution in [0.3, 0.4) is 0 Å². The molecule has 0 saturated carbocycles. The van der Waals surface area contributed by atoms with E-state index in [0.717, 1.165) is 32.5 Å². The van der Waals surface area contributed by atoms with E-state index in [1.807, 2.05) is 25.3 Å². The molecule has 6 heteroatoms. The maximum Gasteiger partial charge on any atom is 0.258 e. The van der Waals surface area contributed by atoms with E-state index in [4.69, 9.17) is 9.72 Å². The summed E-state index contributed by atoms with van der Waals surface area (Å²) in [7, 11) is 1.67. The van der Waals surface area contributed by atoms with Crippen LogP contribution in [0, 0.1) is 13.8 Å². The van der Waals surface area contributed by atoms with E-state index in [1.165, 1.54) is 16.9 Å². The molecular weight excluding hydrogens is 382 g/mol. The van der Waals surface area contributed by atoms with Crippen LogP contribution in [-0.4, -0.2) is 16.5 Å². The first kappa shape index (κ1) is 19.2. The van der Waals surface area contributed by atoms with Crippen LogP contribution in [0.5, 0.6) is 5.75 Å². The summed E-state index contributed by atoms with van der Waals surface area (Å²) in [5.41, 5.74) is 4.20. The third-order valence-electron chi connectivity index (χ3n) is 4.82. The lowest BCUT2D eigenvalue weighted by Gasteiger charge is -2.25. The van der Waals surface area contributed by atoms with Gasteiger partial charge in [0.15, 0.2) is 4.96 Å². The topological polar surface area (TPSA) is 46.8 Å². The number of hydrogen-bond donors (Lipinski definition) is 0. The molecule has 0 bridgehead atoms. The molecule has 4 aromatic rings. The Morgan fingerprint density at radius 3 is 2.45 bits per heavy atom. The highest BCUT2D eigenvalue weighted by Gasteiger charge is 2.12. The van der Waals surface area contributed by atoms with Gasteiger partial charge >= 0.3 is 0 Å². The van der Waals surface area contributed by atoms with Crippen molar-refractivity contribution in [1.29, 1.82) is 0 Å². The van der Waals surface area contributed by atoms with Gasteiger partial charge in [0.1, 0.15) is 5.75 Å². The Morgan fingerprint density at radius 2 is 1.76 bits per heavy atom. The lowest BCUT2D eigenvalue weighted by atomic mass is 10.1. The Bertz CT molecular complexity index is 1180. The van der Waals surface area contributed by atoms with Gasteiger partial charge in [-0.15, -0.1) is 11.3 Å². The molecule has 0 unspecified atom stereocenters. The molecule has 2 aromatic heterocycles. The molecule has 0 aliphatic carbocycles. The summed E-state index contributed by atoms with van der Waals surface area (Å²) in [6, 6.07) is 18.1. The Balaban J connectivity index is 1.67. The number of aromatic nitrogens is 2. The third kappa shape index (κ3) is 4.32. The maximum atomic E-state index is 12.5. The van der Waals surface area contributed by atoms with Crippen molar-refractivity contribution in [2.45, 2.75) is 26.9 Å². The van der Waals surface area contributed by atoms with Gasteiger partial charge in [0.05, 0.1) is 19.3 Å². The fourth-order valence-electron chi connectivity index (χ4n) is 3.28. The summed E-state index contributed by atoms with van der Waals surface area (Å²) >= 11 is 1.53. The molecule has 29 heavy (non-hydrogen) atoms. The lowest BCUT2D eigenvalue weighted by Crippen LogP contribution is -2.24. The summed E-state index contributed by atoms with van der Waals surface area (Å²) in [5.74, 6) is 0.837. The highest BCUT2D eigenvalue weighted by Crippen LogP contribution is 2.22. The summed E-state index contributed by atoms with van der Waals surface area (Å²) in [6.45, 7) is 5.32. The first-order chi connectivity index (χ1) is 14.0. The van der Waals surface area contributed by atoms with Crippen LogP contribution >= 0.6 is 11.3 Å². The van der Waals surface area contributed by atoms with Crippen molar-refractivity contribution in [1.82, 2.24) is 9.38 Å². The van der Waals surface area contributed by atoms with Crippen molar-refractivity contribution in [2.24, 2.45) is 0 Å². The monoisotopic (exact) mass is 405 g/mol. The first-order valence-corrected chi connectivity index (χ1v) is 10.3. The quantitative estimate of drug-likeness (QED) is 0.471. The van der Waals surface area contributed by atoms with Crippen LogP contribution in [0.4, 0.5) is 5.69 Å². The Kier molecular flexibility index (Phi) is 5.36. The van der Waals surface area contributed by atoms with E-state index in [2.05, 4.69) is 48.2 Å². The molecular formula is C23H23N3O2S. The van der Waals surface area contributed by atoms with Crippen LogP contribution in [0.15, 0.2) is 65.6 Å². The Hall–Kier alpha value is -3.12. The molecule has 2 heterocycles. The highest BCUT2D eigenvalue weighted by molar-refractivity contribution is 7.16. The smallest absolute Gasteiger partial charge is 0.258 e. The molecule has 0 amide bonds. The zero-order valence-corrected chi connectivity index (χ0v) is 17.6. The largest absolute Gasteiger partial charge is 0.497 e. The maximum absolute atomic E-state index is 12.5. The molecule has 4 rings (SSSR count). The number of benzene rings is 2. The van der Waals surface area contributed by atoms with Crippen LogP contribution in [0.1, 0.15) is 21.7 Å². The van der Waals surface area contributed by atoms with Gasteiger partial charge in [-0.05, 0) is 43.7 Å². The number of methoxy groups -OCH3 is 1. The van der Waals surface area contributed by atoms with Crippen LogP contribution in [0.25, 0.3) is 4.96 Å². The van der Waals surface area contributed by atoms with E-state index >= 15 is 0 Å². The summed E-state index contributed by atoms with van der Waals surface area (Å²) < 4.78 is 6.88. The van der Waals surface area contributed by atoms with E-state index in [9.17, 15) is 4.79 Å². The van der Waals surface area contributed by atoms with Crippen molar-refractivity contribution in [2.75, 3.05) is 12.0 Å². The number of fused-ring (bicyclic) bond motifs is 1. The second-order valence-corrected chi connectivity index (χ2v) is 8.33. The Labute approximate surface area is 173 Å². The van der Waals surface area contributed by atoms with Gasteiger partial charge < -0.3 is 9.64 Å². The van der Waals surface area contributed by atoms with Crippen molar-refractivity contribution in [3.8, 4) is 5.75 Å². The van der Waals surface area contributed by atoms with Crippen molar-refractivity contribution < 1.29 is 4.74 Å². The normalized spacial score (nSPS) is 11.0. The molecule has 0 fully saturated rings. The Morgan fingerprint density at radius 1 is 1.03 bits per heavy atom. The van der Waals surface area contributed by atoms with Crippen LogP contribution < -0.4 is 15.2 Å². The molecule has 0 atom stereocenters. The van der Waals surface area contributed by atoms with Gasteiger partial charge in [0.2, 0.25) is 0 Å². The minimum Gasteiger partial charge on any atom is -0.497 e. The third-order valence-corrected chi connectivity index (χ3v) is 5.72. The number of rotatable bonds is 6. The van der Waals surface area contributed by atoms with Crippen molar-refractivity contribution in [3.05, 3.63) is 92.8 Å². The molecule has 5 nitrogen and oxygen atoms in total. The first-order valence-electron chi connectivity index (χ1n) is 9.45. The average Bonchev–Trinajstić information content (AvgIpc) is 3.09. The SMILES string of the molecule is COc1ccc(CN(Cc2cc(=O)n3cc(C)sc3n2)c2ccc(C)cc2)cc1. The summed E-state index contributed by atoms with van der Waals surface area (Å²) in [6.07, 6.45) is 1.84. The number of nitrogens with zero attached hydrogens (tertiary/aromatic N) is 3. The van der Waals surface area contributed by atoms with Gasteiger partial charge in [0.25, 0.3) is 5.56 Å². The summed E-state index contributed by atoms with van der Waals surface area (Å²) in [5, 5.41) is 0. The molecule has 148 valence electrons.